The van der Waals surface area contributed by atoms with Crippen molar-refractivity contribution in [2.75, 3.05) is 13.2 Å². The Kier molecular flexibility index (Phi) is 5.29. The highest BCUT2D eigenvalue weighted by molar-refractivity contribution is 5.83. The first kappa shape index (κ1) is 20.5. The van der Waals surface area contributed by atoms with Gasteiger partial charge in [0.15, 0.2) is 5.58 Å². The minimum absolute atomic E-state index is 0.124. The summed E-state index contributed by atoms with van der Waals surface area (Å²) in [5.74, 6) is -0.134. The third-order valence-electron chi connectivity index (χ3n) is 6.46. The van der Waals surface area contributed by atoms with Crippen LogP contribution in [0.3, 0.4) is 0 Å². The number of nitrogens with one attached hydrogen (secondary N) is 2. The second-order valence-electron chi connectivity index (χ2n) is 8.56. The lowest BCUT2D eigenvalue weighted by molar-refractivity contribution is -0.123. The van der Waals surface area contributed by atoms with Gasteiger partial charge in [0.1, 0.15) is 6.04 Å². The van der Waals surface area contributed by atoms with Crippen molar-refractivity contribution in [3.8, 4) is 17.2 Å². The van der Waals surface area contributed by atoms with Gasteiger partial charge in [-0.1, -0.05) is 30.3 Å². The molecule has 0 bridgehead atoms. The number of aryl methyl sites for hydroxylation is 1. The lowest BCUT2D eigenvalue weighted by Gasteiger charge is -2.17. The molecule has 8 heteroatoms. The van der Waals surface area contributed by atoms with Crippen molar-refractivity contribution in [1.29, 1.82) is 5.26 Å². The van der Waals surface area contributed by atoms with Crippen LogP contribution >= 0.6 is 0 Å². The second-order valence-corrected chi connectivity index (χ2v) is 8.56. The van der Waals surface area contributed by atoms with Crippen LogP contribution in [0.25, 0.3) is 22.2 Å². The number of fused-ring (bicyclic) bond motifs is 2. The Hall–Kier alpha value is -3.41. The Labute approximate surface area is 184 Å². The SMILES string of the molecule is Cn1c(=O)oc2ccc(-c3ccc(C[C@@H](C#N)NC(=O)C4C[C@@H]5COC[C@@H]5N4)cc3)cc21. The molecular formula is C24H24N4O4. The molecule has 32 heavy (non-hydrogen) atoms. The van der Waals surface area contributed by atoms with E-state index in [0.29, 0.717) is 31.1 Å². The lowest BCUT2D eigenvalue weighted by atomic mass is 10.00. The highest BCUT2D eigenvalue weighted by atomic mass is 16.5. The lowest BCUT2D eigenvalue weighted by Crippen LogP contribution is -2.47. The number of nitrogens with zero attached hydrogens (tertiary/aromatic N) is 2. The maximum atomic E-state index is 12.6. The number of rotatable bonds is 5. The highest BCUT2D eigenvalue weighted by Gasteiger charge is 2.40. The van der Waals surface area contributed by atoms with Crippen LogP contribution in [0.5, 0.6) is 0 Å². The van der Waals surface area contributed by atoms with Crippen LogP contribution in [0.1, 0.15) is 12.0 Å². The normalized spacial score (nSPS) is 23.1. The number of hydrogen-bond acceptors (Lipinski definition) is 6. The third kappa shape index (κ3) is 3.81. The molecule has 0 saturated carbocycles. The van der Waals surface area contributed by atoms with E-state index in [0.717, 1.165) is 28.6 Å². The number of amides is 1. The van der Waals surface area contributed by atoms with Gasteiger partial charge in [0.05, 0.1) is 30.8 Å². The Balaban J connectivity index is 1.24. The van der Waals surface area contributed by atoms with Gasteiger partial charge < -0.3 is 19.8 Å². The number of hydrogen-bond donors (Lipinski definition) is 2. The fourth-order valence-electron chi connectivity index (χ4n) is 4.60. The fraction of sp³-hybridized carbons (Fsp3) is 0.375. The number of carbonyl (C=O) groups excluding carboxylic acids is 1. The van der Waals surface area contributed by atoms with Crippen molar-refractivity contribution in [3.63, 3.8) is 0 Å². The molecule has 4 atom stereocenters. The highest BCUT2D eigenvalue weighted by Crippen LogP contribution is 2.27. The molecule has 0 spiro atoms. The van der Waals surface area contributed by atoms with Crippen LogP contribution in [0.15, 0.2) is 51.7 Å². The number of ether oxygens (including phenoxy) is 1. The molecule has 0 radical (unpaired) electrons. The van der Waals surface area contributed by atoms with E-state index in [1.54, 1.807) is 13.1 Å². The predicted molar refractivity (Wildman–Crippen MR) is 118 cm³/mol. The van der Waals surface area contributed by atoms with Gasteiger partial charge in [-0.25, -0.2) is 4.79 Å². The molecule has 0 aliphatic carbocycles. The molecule has 8 nitrogen and oxygen atoms in total. The van der Waals surface area contributed by atoms with Crippen LogP contribution in [-0.4, -0.2) is 41.8 Å². The van der Waals surface area contributed by atoms with Gasteiger partial charge in [0.25, 0.3) is 0 Å². The van der Waals surface area contributed by atoms with E-state index >= 15 is 0 Å². The zero-order chi connectivity index (χ0) is 22.2. The van der Waals surface area contributed by atoms with Crippen LogP contribution in [0.4, 0.5) is 0 Å². The summed E-state index contributed by atoms with van der Waals surface area (Å²) >= 11 is 0. The standard InChI is InChI=1S/C24H24N4O4/c1-28-21-10-16(6-7-22(21)32-24(28)30)15-4-2-14(3-5-15)8-18(11-25)26-23(29)19-9-17-12-31-13-20(17)27-19/h2-7,10,17-20,27H,8-9,12-13H2,1H3,(H,26,29)/t17-,18+,19?,20+/m1/s1. The molecule has 3 heterocycles. The number of oxazole rings is 1. The second kappa shape index (κ2) is 8.26. The Bertz CT molecular complexity index is 1240. The van der Waals surface area contributed by atoms with Crippen LogP contribution in [0, 0.1) is 17.2 Å². The number of nitriles is 1. The molecule has 2 fully saturated rings. The van der Waals surface area contributed by atoms with Crippen molar-refractivity contribution in [3.05, 3.63) is 58.6 Å². The third-order valence-corrected chi connectivity index (χ3v) is 6.46. The van der Waals surface area contributed by atoms with Crippen molar-refractivity contribution in [2.24, 2.45) is 13.0 Å². The van der Waals surface area contributed by atoms with Gasteiger partial charge in [-0.05, 0) is 35.2 Å². The summed E-state index contributed by atoms with van der Waals surface area (Å²) in [6, 6.07) is 15.1. The molecule has 2 aromatic carbocycles. The molecule has 5 rings (SSSR count). The molecule has 2 aliphatic rings. The quantitative estimate of drug-likeness (QED) is 0.636. The average molecular weight is 432 g/mol. The van der Waals surface area contributed by atoms with E-state index in [-0.39, 0.29) is 23.7 Å². The molecule has 3 aromatic rings. The zero-order valence-corrected chi connectivity index (χ0v) is 17.7. The Morgan fingerprint density at radius 3 is 2.78 bits per heavy atom. The van der Waals surface area contributed by atoms with Crippen LogP contribution in [-0.2, 0) is 23.0 Å². The fourth-order valence-corrected chi connectivity index (χ4v) is 4.60. The van der Waals surface area contributed by atoms with Gasteiger partial charge in [-0.2, -0.15) is 5.26 Å². The molecule has 2 aliphatic heterocycles. The molecule has 2 N–H and O–H groups in total. The first-order valence-electron chi connectivity index (χ1n) is 10.7. The molecule has 164 valence electrons. The van der Waals surface area contributed by atoms with E-state index in [1.165, 1.54) is 4.57 Å². The Morgan fingerprint density at radius 1 is 1.25 bits per heavy atom. The smallest absolute Gasteiger partial charge is 0.408 e. The first-order chi connectivity index (χ1) is 15.5. The van der Waals surface area contributed by atoms with Crippen molar-refractivity contribution >= 4 is 17.0 Å². The van der Waals surface area contributed by atoms with Gasteiger partial charge in [0.2, 0.25) is 5.91 Å². The summed E-state index contributed by atoms with van der Waals surface area (Å²) in [6.07, 6.45) is 1.18. The van der Waals surface area contributed by atoms with E-state index in [1.807, 2.05) is 36.4 Å². The molecular weight excluding hydrogens is 408 g/mol. The summed E-state index contributed by atoms with van der Waals surface area (Å²) in [5.41, 5.74) is 4.21. The summed E-state index contributed by atoms with van der Waals surface area (Å²) in [6.45, 7) is 1.34. The number of carbonyl (C=O) groups is 1. The summed E-state index contributed by atoms with van der Waals surface area (Å²) < 4.78 is 12.1. The van der Waals surface area contributed by atoms with Gasteiger partial charge in [0, 0.05) is 25.4 Å². The number of aromatic nitrogens is 1. The van der Waals surface area contributed by atoms with Crippen LogP contribution in [0.2, 0.25) is 0 Å². The van der Waals surface area contributed by atoms with Gasteiger partial charge >= 0.3 is 5.76 Å². The molecule has 1 aromatic heterocycles. The molecule has 1 amide bonds. The first-order valence-corrected chi connectivity index (χ1v) is 10.7. The summed E-state index contributed by atoms with van der Waals surface area (Å²) in [5, 5.41) is 15.8. The average Bonchev–Trinajstić information content (AvgIpc) is 3.48. The number of benzene rings is 2. The van der Waals surface area contributed by atoms with Gasteiger partial charge in [-0.3, -0.25) is 9.36 Å². The van der Waals surface area contributed by atoms with Crippen LogP contribution < -0.4 is 16.4 Å². The molecule has 2 saturated heterocycles. The largest absolute Gasteiger partial charge is 0.419 e. The van der Waals surface area contributed by atoms with Gasteiger partial charge in [-0.15, -0.1) is 0 Å². The maximum Gasteiger partial charge on any atom is 0.419 e. The summed E-state index contributed by atoms with van der Waals surface area (Å²) in [7, 11) is 1.68. The Morgan fingerprint density at radius 2 is 2.03 bits per heavy atom. The van der Waals surface area contributed by atoms with E-state index < -0.39 is 6.04 Å². The summed E-state index contributed by atoms with van der Waals surface area (Å²) in [4.78, 5) is 24.3. The predicted octanol–water partition coefficient (Wildman–Crippen LogP) is 1.73. The minimum Gasteiger partial charge on any atom is -0.408 e. The van der Waals surface area contributed by atoms with E-state index in [2.05, 4.69) is 16.7 Å². The minimum atomic E-state index is -0.594. The topological polar surface area (TPSA) is 109 Å². The van der Waals surface area contributed by atoms with E-state index in [9.17, 15) is 14.9 Å². The zero-order valence-electron chi connectivity index (χ0n) is 17.7. The van der Waals surface area contributed by atoms with Crippen molar-refractivity contribution in [2.45, 2.75) is 31.0 Å². The maximum absolute atomic E-state index is 12.6. The van der Waals surface area contributed by atoms with Crippen molar-refractivity contribution in [1.82, 2.24) is 15.2 Å². The molecule has 1 unspecified atom stereocenters. The monoisotopic (exact) mass is 432 g/mol. The van der Waals surface area contributed by atoms with E-state index in [4.69, 9.17) is 9.15 Å². The van der Waals surface area contributed by atoms with Crippen molar-refractivity contribution < 1.29 is 13.9 Å².